The van der Waals surface area contributed by atoms with Gasteiger partial charge in [0.25, 0.3) is 0 Å². The van der Waals surface area contributed by atoms with Crippen LogP contribution in [0.3, 0.4) is 0 Å². The van der Waals surface area contributed by atoms with Crippen LogP contribution in [0.25, 0.3) is 15.3 Å². The smallest absolute Gasteiger partial charge is 0.195 e. The number of thiazole rings is 1. The lowest BCUT2D eigenvalue weighted by molar-refractivity contribution is 0.111. The Morgan fingerprint density at radius 2 is 2.16 bits per heavy atom. The van der Waals surface area contributed by atoms with Gasteiger partial charge in [0.2, 0.25) is 0 Å². The molecule has 0 unspecified atom stereocenters. The number of benzene rings is 1. The number of aryl methyl sites for hydroxylation is 1. The van der Waals surface area contributed by atoms with Crippen LogP contribution in [0.2, 0.25) is 0 Å². The van der Waals surface area contributed by atoms with Crippen LogP contribution in [0.4, 0.5) is 0 Å². The summed E-state index contributed by atoms with van der Waals surface area (Å²) in [5.41, 5.74) is 2.68. The molecule has 2 aromatic heterocycles. The van der Waals surface area contributed by atoms with Crippen molar-refractivity contribution in [1.82, 2.24) is 9.55 Å². The minimum atomic E-state index is 0.604. The number of carbonyl (C=O) groups is 1. The number of hydrogen-bond donors (Lipinski definition) is 0. The van der Waals surface area contributed by atoms with Crippen LogP contribution in [0, 0.1) is 6.92 Å². The lowest BCUT2D eigenvalue weighted by atomic mass is 10.2. The molecule has 6 heteroatoms. The van der Waals surface area contributed by atoms with E-state index >= 15 is 0 Å². The average molecular weight is 400 g/mol. The third kappa shape index (κ3) is 2.07. The van der Waals surface area contributed by atoms with Crippen LogP contribution in [-0.4, -0.2) is 15.8 Å². The van der Waals surface area contributed by atoms with Gasteiger partial charge in [0.1, 0.15) is 0 Å². The summed E-state index contributed by atoms with van der Waals surface area (Å²) in [5.74, 6) is 0. The molecule has 2 heterocycles. The Kier molecular flexibility index (Phi) is 3.32. The van der Waals surface area contributed by atoms with Crippen LogP contribution >= 0.6 is 43.2 Å². The van der Waals surface area contributed by atoms with E-state index in [9.17, 15) is 4.79 Å². The topological polar surface area (TPSA) is 34.9 Å². The standard InChI is InChI=1S/C13H8Br2N2OS/c1-7-9(14)5-10(15)11-12(7)19-13(16-11)17-4-2-3-8(17)6-18/h2-6H,1H3. The fourth-order valence-corrected chi connectivity index (χ4v) is 4.50. The Bertz CT molecular complexity index is 791. The Morgan fingerprint density at radius 3 is 2.89 bits per heavy atom. The normalized spacial score (nSPS) is 11.1. The number of fused-ring (bicyclic) bond motifs is 1. The molecule has 0 atom stereocenters. The van der Waals surface area contributed by atoms with Gasteiger partial charge in [-0.3, -0.25) is 9.36 Å². The van der Waals surface area contributed by atoms with Crippen LogP contribution in [0.5, 0.6) is 0 Å². The zero-order chi connectivity index (χ0) is 13.6. The summed E-state index contributed by atoms with van der Waals surface area (Å²) in [6.07, 6.45) is 2.68. The monoisotopic (exact) mass is 398 g/mol. The first-order valence-corrected chi connectivity index (χ1v) is 7.90. The second kappa shape index (κ2) is 4.85. The van der Waals surface area contributed by atoms with Crippen molar-refractivity contribution in [2.75, 3.05) is 0 Å². The zero-order valence-electron chi connectivity index (χ0n) is 9.85. The fraction of sp³-hybridized carbons (Fsp3) is 0.0769. The molecule has 0 amide bonds. The first-order valence-electron chi connectivity index (χ1n) is 5.50. The molecule has 96 valence electrons. The number of carbonyl (C=O) groups excluding carboxylic acids is 1. The van der Waals surface area contributed by atoms with E-state index in [2.05, 4.69) is 43.8 Å². The number of nitrogens with zero attached hydrogens (tertiary/aromatic N) is 2. The number of hydrogen-bond acceptors (Lipinski definition) is 3. The van der Waals surface area contributed by atoms with E-state index < -0.39 is 0 Å². The van der Waals surface area contributed by atoms with Gasteiger partial charge < -0.3 is 0 Å². The quantitative estimate of drug-likeness (QED) is 0.583. The highest BCUT2D eigenvalue weighted by Crippen LogP contribution is 2.37. The molecule has 3 rings (SSSR count). The van der Waals surface area contributed by atoms with Gasteiger partial charge in [0.15, 0.2) is 11.4 Å². The SMILES string of the molecule is Cc1c(Br)cc(Br)c2nc(-n3cccc3C=O)sc12. The summed E-state index contributed by atoms with van der Waals surface area (Å²) in [6.45, 7) is 2.05. The highest BCUT2D eigenvalue weighted by Gasteiger charge is 2.14. The molecular formula is C13H8Br2N2OS. The fourth-order valence-electron chi connectivity index (χ4n) is 1.89. The summed E-state index contributed by atoms with van der Waals surface area (Å²) in [4.78, 5) is 15.6. The Labute approximate surface area is 130 Å². The third-order valence-corrected chi connectivity index (χ3v) is 5.50. The van der Waals surface area contributed by atoms with Crippen molar-refractivity contribution in [3.05, 3.63) is 44.6 Å². The predicted octanol–water partition coefficient (Wildman–Crippen LogP) is 4.73. The van der Waals surface area contributed by atoms with Crippen molar-refractivity contribution in [2.45, 2.75) is 6.92 Å². The molecule has 3 nitrogen and oxygen atoms in total. The largest absolute Gasteiger partial charge is 0.296 e. The summed E-state index contributed by atoms with van der Waals surface area (Å²) in [5, 5.41) is 0.795. The first-order chi connectivity index (χ1) is 9.11. The van der Waals surface area contributed by atoms with Crippen LogP contribution in [0.15, 0.2) is 33.3 Å². The average Bonchev–Trinajstić information content (AvgIpc) is 3.01. The summed E-state index contributed by atoms with van der Waals surface area (Å²) in [6, 6.07) is 5.61. The maximum atomic E-state index is 11.0. The predicted molar refractivity (Wildman–Crippen MR) is 84.5 cm³/mol. The maximum Gasteiger partial charge on any atom is 0.195 e. The molecular weight excluding hydrogens is 392 g/mol. The Morgan fingerprint density at radius 1 is 1.37 bits per heavy atom. The highest BCUT2D eigenvalue weighted by molar-refractivity contribution is 9.11. The van der Waals surface area contributed by atoms with E-state index in [1.807, 2.05) is 18.3 Å². The molecule has 1 aromatic carbocycles. The van der Waals surface area contributed by atoms with Crippen LogP contribution < -0.4 is 0 Å². The summed E-state index contributed by atoms with van der Waals surface area (Å²) < 4.78 is 4.91. The molecule has 0 aliphatic heterocycles. The van der Waals surface area contributed by atoms with E-state index in [4.69, 9.17) is 0 Å². The summed E-state index contributed by atoms with van der Waals surface area (Å²) >= 11 is 8.64. The van der Waals surface area contributed by atoms with Crippen molar-refractivity contribution in [1.29, 1.82) is 0 Å². The van der Waals surface area contributed by atoms with Gasteiger partial charge in [-0.05, 0) is 46.6 Å². The van der Waals surface area contributed by atoms with Gasteiger partial charge in [0.05, 0.1) is 15.9 Å². The van der Waals surface area contributed by atoms with Gasteiger partial charge in [-0.15, -0.1) is 0 Å². The number of rotatable bonds is 2. The first kappa shape index (κ1) is 13.0. The highest BCUT2D eigenvalue weighted by atomic mass is 79.9. The Balaban J connectivity index is 2.31. The molecule has 0 N–H and O–H groups in total. The van der Waals surface area contributed by atoms with E-state index in [1.165, 1.54) is 0 Å². The van der Waals surface area contributed by atoms with Crippen molar-refractivity contribution >= 4 is 59.7 Å². The number of aldehydes is 1. The second-order valence-electron chi connectivity index (χ2n) is 4.06. The van der Waals surface area contributed by atoms with Gasteiger partial charge >= 0.3 is 0 Å². The molecule has 0 spiro atoms. The van der Waals surface area contributed by atoms with Crippen molar-refractivity contribution in [3.63, 3.8) is 0 Å². The molecule has 0 fully saturated rings. The van der Waals surface area contributed by atoms with Crippen molar-refractivity contribution in [2.24, 2.45) is 0 Å². The van der Waals surface area contributed by atoms with Crippen LogP contribution in [0.1, 0.15) is 16.1 Å². The molecule has 0 saturated heterocycles. The van der Waals surface area contributed by atoms with Gasteiger partial charge in [-0.1, -0.05) is 27.3 Å². The molecule has 0 aliphatic carbocycles. The molecule has 0 aliphatic rings. The van der Waals surface area contributed by atoms with Gasteiger partial charge in [-0.25, -0.2) is 4.98 Å². The molecule has 19 heavy (non-hydrogen) atoms. The van der Waals surface area contributed by atoms with Gasteiger partial charge in [-0.2, -0.15) is 0 Å². The lowest BCUT2D eigenvalue weighted by Gasteiger charge is -1.99. The molecule has 3 aromatic rings. The second-order valence-corrected chi connectivity index (χ2v) is 6.75. The molecule has 0 bridgehead atoms. The number of aromatic nitrogens is 2. The minimum Gasteiger partial charge on any atom is -0.296 e. The van der Waals surface area contributed by atoms with E-state index in [1.54, 1.807) is 22.0 Å². The molecule has 0 radical (unpaired) electrons. The van der Waals surface area contributed by atoms with Crippen molar-refractivity contribution in [3.8, 4) is 5.13 Å². The van der Waals surface area contributed by atoms with Crippen LogP contribution in [-0.2, 0) is 0 Å². The maximum absolute atomic E-state index is 11.0. The van der Waals surface area contributed by atoms with E-state index in [0.29, 0.717) is 5.69 Å². The van der Waals surface area contributed by atoms with Crippen molar-refractivity contribution < 1.29 is 4.79 Å². The molecule has 0 saturated carbocycles. The zero-order valence-corrected chi connectivity index (χ0v) is 13.8. The lowest BCUT2D eigenvalue weighted by Crippen LogP contribution is -1.95. The van der Waals surface area contributed by atoms with E-state index in [0.717, 1.165) is 36.1 Å². The van der Waals surface area contributed by atoms with E-state index in [-0.39, 0.29) is 0 Å². The minimum absolute atomic E-state index is 0.604. The Hall–Kier alpha value is -0.980. The number of halogens is 2. The third-order valence-electron chi connectivity index (χ3n) is 2.90. The summed E-state index contributed by atoms with van der Waals surface area (Å²) in [7, 11) is 0. The van der Waals surface area contributed by atoms with Gasteiger partial charge in [0, 0.05) is 15.1 Å².